The van der Waals surface area contributed by atoms with Crippen molar-refractivity contribution in [2.75, 3.05) is 0 Å². The molecule has 0 aliphatic rings. The van der Waals surface area contributed by atoms with Gasteiger partial charge in [0.1, 0.15) is 22.5 Å². The standard InChI is InChI=1S/C9H8N6S/c10-1-7-13-6(3-16-7)9-14-5-2-11-4-12-8(5)15-9/h2-4H,1,10H2,(H,11,12,14,15). The molecule has 7 heteroatoms. The number of hydrogen-bond acceptors (Lipinski definition) is 6. The SMILES string of the molecule is NCc1nc(-c2nc3ncncc3[nH]2)cs1. The molecule has 6 nitrogen and oxygen atoms in total. The lowest BCUT2D eigenvalue weighted by atomic mass is 10.5. The Hall–Kier alpha value is -1.86. The molecule has 3 aromatic rings. The van der Waals surface area contributed by atoms with Crippen LogP contribution in [-0.4, -0.2) is 24.9 Å². The number of nitrogens with zero attached hydrogens (tertiary/aromatic N) is 4. The fourth-order valence-corrected chi connectivity index (χ4v) is 2.06. The van der Waals surface area contributed by atoms with Gasteiger partial charge in [0.05, 0.1) is 6.20 Å². The van der Waals surface area contributed by atoms with Gasteiger partial charge in [0.25, 0.3) is 0 Å². The van der Waals surface area contributed by atoms with Crippen molar-refractivity contribution in [3.05, 3.63) is 22.9 Å². The minimum Gasteiger partial charge on any atom is -0.334 e. The molecule has 16 heavy (non-hydrogen) atoms. The second-order valence-corrected chi connectivity index (χ2v) is 4.12. The fraction of sp³-hybridized carbons (Fsp3) is 0.111. The van der Waals surface area contributed by atoms with Crippen LogP contribution in [0.25, 0.3) is 22.7 Å². The van der Waals surface area contributed by atoms with E-state index in [1.54, 1.807) is 6.20 Å². The minimum absolute atomic E-state index is 0.449. The zero-order valence-corrected chi connectivity index (χ0v) is 9.03. The molecular weight excluding hydrogens is 224 g/mol. The monoisotopic (exact) mass is 232 g/mol. The Kier molecular flexibility index (Phi) is 2.12. The summed E-state index contributed by atoms with van der Waals surface area (Å²) in [7, 11) is 0. The summed E-state index contributed by atoms with van der Waals surface area (Å²) < 4.78 is 0. The molecule has 3 rings (SSSR count). The average Bonchev–Trinajstić information content (AvgIpc) is 2.95. The van der Waals surface area contributed by atoms with Crippen LogP contribution in [0.3, 0.4) is 0 Å². The molecule has 3 heterocycles. The summed E-state index contributed by atoms with van der Waals surface area (Å²) in [6.45, 7) is 0.449. The number of hydrogen-bond donors (Lipinski definition) is 2. The molecule has 0 spiro atoms. The summed E-state index contributed by atoms with van der Waals surface area (Å²) >= 11 is 1.52. The quantitative estimate of drug-likeness (QED) is 0.685. The highest BCUT2D eigenvalue weighted by molar-refractivity contribution is 7.09. The van der Waals surface area contributed by atoms with Crippen molar-refractivity contribution < 1.29 is 0 Å². The first-order chi connectivity index (χ1) is 7.86. The van der Waals surface area contributed by atoms with Crippen LogP contribution < -0.4 is 5.73 Å². The highest BCUT2D eigenvalue weighted by atomic mass is 32.1. The van der Waals surface area contributed by atoms with Crippen LogP contribution in [0.2, 0.25) is 0 Å². The number of nitrogens with one attached hydrogen (secondary N) is 1. The van der Waals surface area contributed by atoms with E-state index in [2.05, 4.69) is 24.9 Å². The first kappa shape index (κ1) is 9.37. The van der Waals surface area contributed by atoms with Gasteiger partial charge >= 0.3 is 0 Å². The summed E-state index contributed by atoms with van der Waals surface area (Å²) in [6.07, 6.45) is 3.16. The van der Waals surface area contributed by atoms with E-state index in [-0.39, 0.29) is 0 Å². The molecule has 0 amide bonds. The van der Waals surface area contributed by atoms with Gasteiger partial charge in [0.15, 0.2) is 11.5 Å². The highest BCUT2D eigenvalue weighted by Crippen LogP contribution is 2.20. The van der Waals surface area contributed by atoms with Crippen molar-refractivity contribution in [1.82, 2.24) is 24.9 Å². The van der Waals surface area contributed by atoms with Crippen LogP contribution in [0, 0.1) is 0 Å². The number of thiazole rings is 1. The molecule has 0 saturated carbocycles. The zero-order chi connectivity index (χ0) is 11.0. The van der Waals surface area contributed by atoms with Crippen molar-refractivity contribution in [3.63, 3.8) is 0 Å². The van der Waals surface area contributed by atoms with Crippen molar-refractivity contribution in [3.8, 4) is 11.5 Å². The Labute approximate surface area is 94.6 Å². The number of aromatic amines is 1. The minimum atomic E-state index is 0.449. The van der Waals surface area contributed by atoms with Gasteiger partial charge in [0.2, 0.25) is 0 Å². The summed E-state index contributed by atoms with van der Waals surface area (Å²) in [4.78, 5) is 19.8. The predicted octanol–water partition coefficient (Wildman–Crippen LogP) is 0.935. The third kappa shape index (κ3) is 1.46. The fourth-order valence-electron chi connectivity index (χ4n) is 1.40. The molecule has 0 unspecified atom stereocenters. The second kappa shape index (κ2) is 3.62. The number of aromatic nitrogens is 5. The van der Waals surface area contributed by atoms with Crippen LogP contribution in [0.4, 0.5) is 0 Å². The van der Waals surface area contributed by atoms with Crippen LogP contribution in [0.5, 0.6) is 0 Å². The van der Waals surface area contributed by atoms with Gasteiger partial charge in [-0.2, -0.15) is 0 Å². The average molecular weight is 232 g/mol. The van der Waals surface area contributed by atoms with E-state index in [9.17, 15) is 0 Å². The highest BCUT2D eigenvalue weighted by Gasteiger charge is 2.09. The first-order valence-corrected chi connectivity index (χ1v) is 5.55. The van der Waals surface area contributed by atoms with Crippen LogP contribution in [-0.2, 0) is 6.54 Å². The first-order valence-electron chi connectivity index (χ1n) is 4.67. The third-order valence-corrected chi connectivity index (χ3v) is 3.00. The van der Waals surface area contributed by atoms with Gasteiger partial charge in [-0.05, 0) is 0 Å². The number of imidazole rings is 1. The van der Waals surface area contributed by atoms with Crippen molar-refractivity contribution >= 4 is 22.5 Å². The lowest BCUT2D eigenvalue weighted by molar-refractivity contribution is 1.04. The van der Waals surface area contributed by atoms with Crippen molar-refractivity contribution in [1.29, 1.82) is 0 Å². The summed E-state index contributed by atoms with van der Waals surface area (Å²) in [5.41, 5.74) is 7.76. The molecule has 0 aliphatic heterocycles. The second-order valence-electron chi connectivity index (χ2n) is 3.18. The third-order valence-electron chi connectivity index (χ3n) is 2.13. The molecule has 0 atom stereocenters. The van der Waals surface area contributed by atoms with Crippen molar-refractivity contribution in [2.24, 2.45) is 5.73 Å². The van der Waals surface area contributed by atoms with E-state index in [0.717, 1.165) is 16.2 Å². The molecule has 3 N–H and O–H groups in total. The molecule has 0 aliphatic carbocycles. The Morgan fingerprint density at radius 1 is 1.38 bits per heavy atom. The molecule has 0 fully saturated rings. The number of nitrogens with two attached hydrogens (primary N) is 1. The topological polar surface area (TPSA) is 93.4 Å². The summed E-state index contributed by atoms with van der Waals surface area (Å²) in [6, 6.07) is 0. The Morgan fingerprint density at radius 2 is 2.31 bits per heavy atom. The molecule has 0 aromatic carbocycles. The van der Waals surface area contributed by atoms with Gasteiger partial charge < -0.3 is 10.7 Å². The molecule has 0 bridgehead atoms. The van der Waals surface area contributed by atoms with E-state index in [4.69, 9.17) is 5.73 Å². The number of H-pyrrole nitrogens is 1. The number of fused-ring (bicyclic) bond motifs is 1. The smallest absolute Gasteiger partial charge is 0.181 e. The maximum Gasteiger partial charge on any atom is 0.181 e. The van der Waals surface area contributed by atoms with Gasteiger partial charge in [-0.15, -0.1) is 11.3 Å². The zero-order valence-electron chi connectivity index (χ0n) is 8.21. The largest absolute Gasteiger partial charge is 0.334 e. The maximum atomic E-state index is 5.51. The van der Waals surface area contributed by atoms with Crippen LogP contribution in [0.1, 0.15) is 5.01 Å². The van der Waals surface area contributed by atoms with Crippen molar-refractivity contribution in [2.45, 2.75) is 6.54 Å². The lowest BCUT2D eigenvalue weighted by Crippen LogP contribution is -1.94. The molecule has 0 radical (unpaired) electrons. The normalized spacial score (nSPS) is 11.1. The van der Waals surface area contributed by atoms with E-state index in [0.29, 0.717) is 18.0 Å². The molecule has 3 aromatic heterocycles. The Bertz CT molecular complexity index is 595. The van der Waals surface area contributed by atoms with E-state index >= 15 is 0 Å². The van der Waals surface area contributed by atoms with Gasteiger partial charge in [-0.1, -0.05) is 0 Å². The molecule has 80 valence electrons. The Morgan fingerprint density at radius 3 is 3.06 bits per heavy atom. The van der Waals surface area contributed by atoms with E-state index in [1.807, 2.05) is 5.38 Å². The summed E-state index contributed by atoms with van der Waals surface area (Å²) in [5.74, 6) is 0.700. The number of rotatable bonds is 2. The van der Waals surface area contributed by atoms with Crippen LogP contribution >= 0.6 is 11.3 Å². The summed E-state index contributed by atoms with van der Waals surface area (Å²) in [5, 5.41) is 2.81. The maximum absolute atomic E-state index is 5.51. The van der Waals surface area contributed by atoms with Gasteiger partial charge in [0, 0.05) is 11.9 Å². The molecular formula is C9H8N6S. The van der Waals surface area contributed by atoms with Gasteiger partial charge in [-0.3, -0.25) is 0 Å². The van der Waals surface area contributed by atoms with Crippen LogP contribution in [0.15, 0.2) is 17.9 Å². The van der Waals surface area contributed by atoms with E-state index in [1.165, 1.54) is 17.7 Å². The molecule has 0 saturated heterocycles. The van der Waals surface area contributed by atoms with Gasteiger partial charge in [-0.25, -0.2) is 19.9 Å². The van der Waals surface area contributed by atoms with E-state index < -0.39 is 0 Å². The predicted molar refractivity (Wildman–Crippen MR) is 60.7 cm³/mol. The Balaban J connectivity index is 2.11. The lowest BCUT2D eigenvalue weighted by Gasteiger charge is -1.87.